The molecule has 13 heteroatoms. The molecule has 4 N–H and O–H groups in total. The van der Waals surface area contributed by atoms with Crippen LogP contribution >= 0.6 is 0 Å². The van der Waals surface area contributed by atoms with E-state index in [0.717, 1.165) is 6.07 Å². The number of ether oxygens (including phenoxy) is 1. The fourth-order valence-corrected chi connectivity index (χ4v) is 4.72. The second-order valence-corrected chi connectivity index (χ2v) is 8.88. The van der Waals surface area contributed by atoms with Gasteiger partial charge in [0.1, 0.15) is 22.8 Å². The predicted molar refractivity (Wildman–Crippen MR) is 128 cm³/mol. The van der Waals surface area contributed by atoms with E-state index < -0.39 is 41.6 Å². The van der Waals surface area contributed by atoms with Crippen LogP contribution in [-0.4, -0.2) is 46.4 Å². The lowest BCUT2D eigenvalue weighted by atomic mass is 9.95. The largest absolute Gasteiger partial charge is 0.494 e. The second-order valence-electron chi connectivity index (χ2n) is 8.88. The highest BCUT2D eigenvalue weighted by Crippen LogP contribution is 2.37. The van der Waals surface area contributed by atoms with Crippen LogP contribution in [0.1, 0.15) is 21.7 Å². The summed E-state index contributed by atoms with van der Waals surface area (Å²) in [5.41, 5.74) is 4.46. The number of carbonyl (C=O) groups excluding carboxylic acids is 3. The summed E-state index contributed by atoms with van der Waals surface area (Å²) in [4.78, 5) is 48.0. The molecule has 0 bridgehead atoms. The molecule has 0 aliphatic carbocycles. The van der Waals surface area contributed by atoms with Crippen molar-refractivity contribution in [1.82, 2.24) is 25.5 Å². The van der Waals surface area contributed by atoms with Crippen LogP contribution in [0.15, 0.2) is 47.0 Å². The van der Waals surface area contributed by atoms with Crippen molar-refractivity contribution in [2.45, 2.75) is 12.1 Å². The van der Waals surface area contributed by atoms with Crippen molar-refractivity contribution in [3.05, 3.63) is 71.1 Å². The Morgan fingerprint density at radius 3 is 2.68 bits per heavy atom. The lowest BCUT2D eigenvalue weighted by molar-refractivity contribution is -0.125. The number of halogens is 2. The number of aromatic nitrogens is 2. The van der Waals surface area contributed by atoms with Gasteiger partial charge in [0, 0.05) is 30.4 Å². The van der Waals surface area contributed by atoms with Crippen molar-refractivity contribution in [3.63, 3.8) is 0 Å². The zero-order valence-corrected chi connectivity index (χ0v) is 19.7. The molecule has 192 valence electrons. The summed E-state index contributed by atoms with van der Waals surface area (Å²) < 4.78 is 40.5. The molecule has 0 saturated carbocycles. The van der Waals surface area contributed by atoms with E-state index in [0.29, 0.717) is 11.1 Å². The van der Waals surface area contributed by atoms with Crippen LogP contribution in [0, 0.1) is 11.6 Å². The molecule has 4 aromatic rings. The van der Waals surface area contributed by atoms with E-state index in [2.05, 4.69) is 20.6 Å². The third-order valence-electron chi connectivity index (χ3n) is 6.58. The number of nitrogens with two attached hydrogens (primary N) is 1. The molecule has 1 atom stereocenters. The summed E-state index contributed by atoms with van der Waals surface area (Å²) in [7, 11) is 1.28. The van der Waals surface area contributed by atoms with E-state index in [1.165, 1.54) is 36.4 Å². The summed E-state index contributed by atoms with van der Waals surface area (Å²) in [5.74, 6) is -2.96. The van der Waals surface area contributed by atoms with Crippen molar-refractivity contribution >= 4 is 34.8 Å². The first kappa shape index (κ1) is 23.3. The van der Waals surface area contributed by atoms with Crippen molar-refractivity contribution < 1.29 is 32.3 Å². The molecule has 1 unspecified atom stereocenters. The molecule has 11 nitrogen and oxygen atoms in total. The van der Waals surface area contributed by atoms with Gasteiger partial charge in [-0.1, -0.05) is 6.07 Å². The number of hydrogen-bond donors (Lipinski definition) is 3. The number of rotatable bonds is 5. The molecule has 0 spiro atoms. The molecule has 2 aliphatic heterocycles. The van der Waals surface area contributed by atoms with Gasteiger partial charge in [-0.25, -0.2) is 23.5 Å². The minimum Gasteiger partial charge on any atom is -0.494 e. The highest BCUT2D eigenvalue weighted by atomic mass is 19.1. The fourth-order valence-electron chi connectivity index (χ4n) is 4.72. The van der Waals surface area contributed by atoms with E-state index >= 15 is 0 Å². The number of methoxy groups -OCH3 is 1. The molecule has 5 heterocycles. The van der Waals surface area contributed by atoms with E-state index in [1.54, 1.807) is 12.1 Å². The SMILES string of the molecule is COc1ccc2c(c1F)C(=O)N(CC1(c3cc4nc(-c5ccc(N)nc5)c(F)cc4o3)NC(=O)NC1=O)C2. The lowest BCUT2D eigenvalue weighted by Gasteiger charge is -2.28. The Morgan fingerprint density at radius 2 is 2.00 bits per heavy atom. The van der Waals surface area contributed by atoms with Crippen LogP contribution in [0.5, 0.6) is 5.75 Å². The Balaban J connectivity index is 1.41. The highest BCUT2D eigenvalue weighted by Gasteiger charge is 2.53. The smallest absolute Gasteiger partial charge is 0.322 e. The Labute approximate surface area is 212 Å². The summed E-state index contributed by atoms with van der Waals surface area (Å²) in [5, 5.41) is 4.67. The standard InChI is InChI=1S/C25H18F2N6O5/c1-37-15-4-2-12-9-33(22(34)19(12)20(15)27)10-25(23(35)31-24(36)32-25)17-7-14-16(38-17)6-13(26)21(30-14)11-3-5-18(28)29-8-11/h2-8H,9-10H2,1H3,(H2,28,29)(H2,31,32,35,36). The maximum Gasteiger partial charge on any atom is 0.322 e. The fraction of sp³-hybridized carbons (Fsp3) is 0.160. The van der Waals surface area contributed by atoms with Crippen molar-refractivity contribution in [2.24, 2.45) is 0 Å². The number of urea groups is 1. The number of furan rings is 1. The average Bonchev–Trinajstić information content (AvgIpc) is 3.53. The predicted octanol–water partition coefficient (Wildman–Crippen LogP) is 2.45. The first-order valence-corrected chi connectivity index (χ1v) is 11.3. The van der Waals surface area contributed by atoms with E-state index in [4.69, 9.17) is 14.9 Å². The van der Waals surface area contributed by atoms with Crippen molar-refractivity contribution in [3.8, 4) is 17.0 Å². The van der Waals surface area contributed by atoms with Crippen LogP contribution in [0.2, 0.25) is 0 Å². The number of imide groups is 1. The minimum atomic E-state index is -1.88. The zero-order chi connectivity index (χ0) is 26.8. The molecule has 1 fully saturated rings. The lowest BCUT2D eigenvalue weighted by Crippen LogP contribution is -2.52. The van der Waals surface area contributed by atoms with Crippen LogP contribution in [-0.2, 0) is 16.9 Å². The van der Waals surface area contributed by atoms with Gasteiger partial charge in [-0.3, -0.25) is 14.9 Å². The van der Waals surface area contributed by atoms with Gasteiger partial charge in [-0.15, -0.1) is 0 Å². The van der Waals surface area contributed by atoms with Crippen LogP contribution in [0.25, 0.3) is 22.4 Å². The first-order chi connectivity index (χ1) is 18.2. The van der Waals surface area contributed by atoms with Gasteiger partial charge < -0.3 is 25.1 Å². The number of anilines is 1. The van der Waals surface area contributed by atoms with Gasteiger partial charge in [0.05, 0.1) is 19.2 Å². The topological polar surface area (TPSA) is 153 Å². The number of nitrogen functional groups attached to an aromatic ring is 1. The molecule has 1 aromatic carbocycles. The molecular formula is C25H18F2N6O5. The average molecular weight is 520 g/mol. The van der Waals surface area contributed by atoms with E-state index in [1.807, 2.05) is 0 Å². The number of pyridine rings is 2. The molecular weight excluding hydrogens is 502 g/mol. The van der Waals surface area contributed by atoms with Gasteiger partial charge in [0.25, 0.3) is 11.8 Å². The van der Waals surface area contributed by atoms with Gasteiger partial charge in [-0.05, 0) is 23.8 Å². The normalized spacial score (nSPS) is 18.6. The molecule has 2 aliphatic rings. The summed E-state index contributed by atoms with van der Waals surface area (Å²) in [6.07, 6.45) is 1.37. The number of hydrogen-bond acceptors (Lipinski definition) is 8. The Hall–Kier alpha value is -5.07. The van der Waals surface area contributed by atoms with Gasteiger partial charge in [0.15, 0.2) is 28.5 Å². The maximum atomic E-state index is 14.9. The second kappa shape index (κ2) is 8.23. The number of carbonyl (C=O) groups is 3. The molecule has 38 heavy (non-hydrogen) atoms. The Kier molecular flexibility index (Phi) is 5.05. The quantitative estimate of drug-likeness (QED) is 0.339. The number of amides is 4. The molecule has 0 radical (unpaired) electrons. The molecule has 4 amide bonds. The molecule has 3 aromatic heterocycles. The zero-order valence-electron chi connectivity index (χ0n) is 19.7. The van der Waals surface area contributed by atoms with Crippen LogP contribution in [0.4, 0.5) is 19.4 Å². The third kappa shape index (κ3) is 3.43. The van der Waals surface area contributed by atoms with Crippen LogP contribution < -0.4 is 21.1 Å². The van der Waals surface area contributed by atoms with Crippen molar-refractivity contribution in [2.75, 3.05) is 19.4 Å². The van der Waals surface area contributed by atoms with Crippen molar-refractivity contribution in [1.29, 1.82) is 0 Å². The number of benzene rings is 1. The summed E-state index contributed by atoms with van der Waals surface area (Å²) >= 11 is 0. The first-order valence-electron chi connectivity index (χ1n) is 11.3. The Bertz CT molecular complexity index is 1670. The van der Waals surface area contributed by atoms with Crippen LogP contribution in [0.3, 0.4) is 0 Å². The number of fused-ring (bicyclic) bond motifs is 2. The van der Waals surface area contributed by atoms with E-state index in [-0.39, 0.29) is 46.2 Å². The maximum absolute atomic E-state index is 14.9. The molecule has 6 rings (SSSR count). The number of nitrogens with one attached hydrogen (secondary N) is 2. The molecule has 1 saturated heterocycles. The summed E-state index contributed by atoms with van der Waals surface area (Å²) in [6, 6.07) is 7.66. The number of nitrogens with zero attached hydrogens (tertiary/aromatic N) is 3. The Morgan fingerprint density at radius 1 is 1.18 bits per heavy atom. The summed E-state index contributed by atoms with van der Waals surface area (Å²) in [6.45, 7) is -0.418. The third-order valence-corrected chi connectivity index (χ3v) is 6.58. The van der Waals surface area contributed by atoms with E-state index in [9.17, 15) is 23.2 Å². The van der Waals surface area contributed by atoms with Gasteiger partial charge in [-0.2, -0.15) is 0 Å². The van der Waals surface area contributed by atoms with Gasteiger partial charge >= 0.3 is 6.03 Å². The monoisotopic (exact) mass is 520 g/mol. The highest BCUT2D eigenvalue weighted by molar-refractivity contribution is 6.08. The van der Waals surface area contributed by atoms with Gasteiger partial charge in [0.2, 0.25) is 0 Å². The minimum absolute atomic E-state index is 0.00444.